The van der Waals surface area contributed by atoms with E-state index in [1.165, 1.54) is 11.8 Å². The first-order valence-corrected chi connectivity index (χ1v) is 7.34. The lowest BCUT2D eigenvalue weighted by molar-refractivity contribution is -0.161. The van der Waals surface area contributed by atoms with Crippen LogP contribution >= 0.6 is 11.8 Å². The first-order valence-electron chi connectivity index (χ1n) is 6.19. The molecule has 20 heavy (non-hydrogen) atoms. The van der Waals surface area contributed by atoms with Gasteiger partial charge in [-0.2, -0.15) is 13.2 Å². The van der Waals surface area contributed by atoms with Gasteiger partial charge in [-0.15, -0.1) is 11.8 Å². The van der Waals surface area contributed by atoms with Crippen molar-refractivity contribution in [2.75, 3.05) is 11.6 Å². The van der Waals surface area contributed by atoms with Crippen LogP contribution in [0.3, 0.4) is 0 Å². The summed E-state index contributed by atoms with van der Waals surface area (Å²) in [5.74, 6) is 0.503. The minimum absolute atomic E-state index is 0.254. The molecule has 1 aliphatic heterocycles. The molecule has 7 heteroatoms. The zero-order valence-electron chi connectivity index (χ0n) is 10.6. The van der Waals surface area contributed by atoms with E-state index in [9.17, 15) is 18.0 Å². The maximum Gasteiger partial charge on any atom is 0.408 e. The number of alkyl halides is 3. The molecule has 1 aromatic rings. The number of benzene rings is 1. The summed E-state index contributed by atoms with van der Waals surface area (Å²) in [6, 6.07) is 5.94. The van der Waals surface area contributed by atoms with Crippen molar-refractivity contribution in [3.8, 4) is 0 Å². The van der Waals surface area contributed by atoms with Gasteiger partial charge in [0.25, 0.3) is 0 Å². The number of thioether (sulfide) groups is 1. The molecule has 110 valence electrons. The van der Waals surface area contributed by atoms with Gasteiger partial charge < -0.3 is 5.32 Å². The second-order valence-corrected chi connectivity index (χ2v) is 5.59. The SMILES string of the molecule is O=C(NC(Cc1ccccc1)C(F)(F)F)C1CSCN1. The van der Waals surface area contributed by atoms with Gasteiger partial charge >= 0.3 is 6.18 Å². The van der Waals surface area contributed by atoms with Crippen LogP contribution < -0.4 is 10.6 Å². The van der Waals surface area contributed by atoms with Crippen LogP contribution in [-0.4, -0.2) is 35.8 Å². The van der Waals surface area contributed by atoms with Crippen LogP contribution in [0.25, 0.3) is 0 Å². The number of hydrogen-bond donors (Lipinski definition) is 2. The van der Waals surface area contributed by atoms with Crippen molar-refractivity contribution in [3.05, 3.63) is 35.9 Å². The molecule has 3 nitrogen and oxygen atoms in total. The lowest BCUT2D eigenvalue weighted by Gasteiger charge is -2.23. The molecule has 0 aliphatic carbocycles. The Kier molecular flexibility index (Phi) is 4.93. The lowest BCUT2D eigenvalue weighted by Crippen LogP contribution is -2.52. The lowest BCUT2D eigenvalue weighted by atomic mass is 10.1. The van der Waals surface area contributed by atoms with E-state index in [1.807, 2.05) is 0 Å². The Hall–Kier alpha value is -1.21. The van der Waals surface area contributed by atoms with Crippen molar-refractivity contribution in [1.82, 2.24) is 10.6 Å². The summed E-state index contributed by atoms with van der Waals surface area (Å²) in [6.07, 6.45) is -4.72. The van der Waals surface area contributed by atoms with Gasteiger partial charge in [-0.3, -0.25) is 10.1 Å². The van der Waals surface area contributed by atoms with E-state index >= 15 is 0 Å². The van der Waals surface area contributed by atoms with E-state index in [0.29, 0.717) is 17.2 Å². The van der Waals surface area contributed by atoms with E-state index in [0.717, 1.165) is 0 Å². The highest BCUT2D eigenvalue weighted by atomic mass is 32.2. The molecule has 1 saturated heterocycles. The van der Waals surface area contributed by atoms with Gasteiger partial charge in [-0.05, 0) is 5.56 Å². The first-order chi connectivity index (χ1) is 9.47. The maximum absolute atomic E-state index is 13.0. The van der Waals surface area contributed by atoms with E-state index in [1.54, 1.807) is 30.3 Å². The molecule has 1 aromatic carbocycles. The Labute approximate surface area is 119 Å². The molecule has 0 aromatic heterocycles. The Balaban J connectivity index is 2.02. The monoisotopic (exact) mass is 304 g/mol. The number of hydrogen-bond acceptors (Lipinski definition) is 3. The molecular weight excluding hydrogens is 289 g/mol. The van der Waals surface area contributed by atoms with Crippen LogP contribution in [0.15, 0.2) is 30.3 Å². The average Bonchev–Trinajstić information content (AvgIpc) is 2.92. The summed E-state index contributed by atoms with van der Waals surface area (Å²) in [4.78, 5) is 11.8. The largest absolute Gasteiger partial charge is 0.408 e. The molecule has 0 bridgehead atoms. The van der Waals surface area contributed by atoms with Gasteiger partial charge in [0.1, 0.15) is 6.04 Å². The number of nitrogens with one attached hydrogen (secondary N) is 2. The molecule has 2 N–H and O–H groups in total. The minimum Gasteiger partial charge on any atom is -0.343 e. The van der Waals surface area contributed by atoms with E-state index in [4.69, 9.17) is 0 Å². The minimum atomic E-state index is -4.46. The third kappa shape index (κ3) is 4.14. The maximum atomic E-state index is 13.0. The number of carbonyl (C=O) groups excluding carboxylic acids is 1. The number of rotatable bonds is 4. The van der Waals surface area contributed by atoms with Crippen molar-refractivity contribution >= 4 is 17.7 Å². The summed E-state index contributed by atoms with van der Waals surface area (Å²) in [6.45, 7) is 0. The zero-order valence-corrected chi connectivity index (χ0v) is 11.4. The summed E-state index contributed by atoms with van der Waals surface area (Å²) in [5.41, 5.74) is 0.545. The molecule has 2 atom stereocenters. The normalized spacial score (nSPS) is 20.6. The van der Waals surface area contributed by atoms with Gasteiger partial charge in [0, 0.05) is 18.1 Å². The molecule has 1 fully saturated rings. The molecule has 1 aliphatic rings. The van der Waals surface area contributed by atoms with Crippen molar-refractivity contribution < 1.29 is 18.0 Å². The zero-order chi connectivity index (χ0) is 14.6. The highest BCUT2D eigenvalue weighted by molar-refractivity contribution is 7.99. The second kappa shape index (κ2) is 6.49. The number of carbonyl (C=O) groups is 1. The van der Waals surface area contributed by atoms with Crippen LogP contribution in [-0.2, 0) is 11.2 Å². The smallest absolute Gasteiger partial charge is 0.343 e. The fourth-order valence-corrected chi connectivity index (χ4v) is 2.88. The van der Waals surface area contributed by atoms with Gasteiger partial charge in [0.05, 0.1) is 6.04 Å². The van der Waals surface area contributed by atoms with Gasteiger partial charge in [-0.1, -0.05) is 30.3 Å². The Bertz CT molecular complexity index is 447. The van der Waals surface area contributed by atoms with E-state index < -0.39 is 24.2 Å². The fourth-order valence-electron chi connectivity index (χ4n) is 1.93. The summed E-state index contributed by atoms with van der Waals surface area (Å²) >= 11 is 1.50. The van der Waals surface area contributed by atoms with E-state index in [-0.39, 0.29) is 6.42 Å². The molecule has 0 spiro atoms. The topological polar surface area (TPSA) is 41.1 Å². The Morgan fingerprint density at radius 1 is 1.40 bits per heavy atom. The molecular formula is C13H15F3N2OS. The van der Waals surface area contributed by atoms with Crippen molar-refractivity contribution in [1.29, 1.82) is 0 Å². The first kappa shape index (κ1) is 15.2. The van der Waals surface area contributed by atoms with Crippen molar-refractivity contribution in [2.45, 2.75) is 24.7 Å². The second-order valence-electron chi connectivity index (χ2n) is 4.56. The number of halogens is 3. The highest BCUT2D eigenvalue weighted by Gasteiger charge is 2.41. The molecule has 0 radical (unpaired) electrons. The Morgan fingerprint density at radius 3 is 2.65 bits per heavy atom. The predicted octanol–water partition coefficient (Wildman–Crippen LogP) is 1.94. The van der Waals surface area contributed by atoms with Crippen LogP contribution in [0.1, 0.15) is 5.56 Å². The quantitative estimate of drug-likeness (QED) is 0.893. The predicted molar refractivity (Wildman–Crippen MR) is 72.4 cm³/mol. The summed E-state index contributed by atoms with van der Waals surface area (Å²) in [7, 11) is 0. The molecule has 2 unspecified atom stereocenters. The fraction of sp³-hybridized carbons (Fsp3) is 0.462. The standard InChI is InChI=1S/C13H15F3N2OS/c14-13(15,16)11(6-9-4-2-1-3-5-9)18-12(19)10-7-20-8-17-10/h1-5,10-11,17H,6-8H2,(H,18,19). The summed E-state index contributed by atoms with van der Waals surface area (Å²) < 4.78 is 39.0. The third-order valence-electron chi connectivity index (χ3n) is 3.03. The van der Waals surface area contributed by atoms with Gasteiger partial charge in [0.15, 0.2) is 0 Å². The third-order valence-corrected chi connectivity index (χ3v) is 3.97. The van der Waals surface area contributed by atoms with Crippen LogP contribution in [0.4, 0.5) is 13.2 Å². The molecule has 2 rings (SSSR count). The van der Waals surface area contributed by atoms with Gasteiger partial charge in [-0.25, -0.2) is 0 Å². The summed E-state index contributed by atoms with van der Waals surface area (Å²) in [5, 5.41) is 4.97. The van der Waals surface area contributed by atoms with Crippen LogP contribution in [0.2, 0.25) is 0 Å². The van der Waals surface area contributed by atoms with Crippen LogP contribution in [0, 0.1) is 0 Å². The van der Waals surface area contributed by atoms with Crippen molar-refractivity contribution in [3.63, 3.8) is 0 Å². The average molecular weight is 304 g/mol. The van der Waals surface area contributed by atoms with Gasteiger partial charge in [0.2, 0.25) is 5.91 Å². The van der Waals surface area contributed by atoms with E-state index in [2.05, 4.69) is 10.6 Å². The number of amides is 1. The van der Waals surface area contributed by atoms with Crippen LogP contribution in [0.5, 0.6) is 0 Å². The highest BCUT2D eigenvalue weighted by Crippen LogP contribution is 2.23. The molecule has 0 saturated carbocycles. The Morgan fingerprint density at radius 2 is 2.10 bits per heavy atom. The molecule has 1 heterocycles. The van der Waals surface area contributed by atoms with Crippen molar-refractivity contribution in [2.24, 2.45) is 0 Å². The molecule has 1 amide bonds.